The maximum atomic E-state index is 13.0. The first-order chi connectivity index (χ1) is 12.8. The second kappa shape index (κ2) is 9.02. The number of carbonyl (C=O) groups is 3. The number of carbonyl (C=O) groups excluding carboxylic acids is 3. The van der Waals surface area contributed by atoms with Gasteiger partial charge in [-0.05, 0) is 31.2 Å². The Balaban J connectivity index is 2.09. The van der Waals surface area contributed by atoms with Crippen LogP contribution in [0.4, 0.5) is 0 Å². The van der Waals surface area contributed by atoms with Gasteiger partial charge in [0, 0.05) is 26.1 Å². The van der Waals surface area contributed by atoms with Crippen molar-refractivity contribution in [2.75, 3.05) is 19.7 Å². The number of piperidine rings is 1. The van der Waals surface area contributed by atoms with Crippen LogP contribution < -0.4 is 5.32 Å². The van der Waals surface area contributed by atoms with E-state index in [0.717, 1.165) is 5.56 Å². The molecule has 6 nitrogen and oxygen atoms in total. The van der Waals surface area contributed by atoms with Crippen LogP contribution in [0.5, 0.6) is 0 Å². The molecule has 1 aromatic rings. The summed E-state index contributed by atoms with van der Waals surface area (Å²) < 4.78 is 5.42. The van der Waals surface area contributed by atoms with Gasteiger partial charge in [0.05, 0.1) is 5.41 Å². The summed E-state index contributed by atoms with van der Waals surface area (Å²) in [5.41, 5.74) is 0.0473. The predicted molar refractivity (Wildman–Crippen MR) is 103 cm³/mol. The molecular formula is C21H30N2O4. The molecule has 0 bridgehead atoms. The highest BCUT2D eigenvalue weighted by Gasteiger charge is 2.44. The molecule has 1 atom stereocenters. The maximum Gasteiger partial charge on any atom is 0.317 e. The average molecular weight is 374 g/mol. The van der Waals surface area contributed by atoms with Gasteiger partial charge in [0.2, 0.25) is 5.91 Å². The minimum absolute atomic E-state index is 0.00656. The molecule has 1 aromatic carbocycles. The second-order valence-electron chi connectivity index (χ2n) is 7.63. The van der Waals surface area contributed by atoms with E-state index in [4.69, 9.17) is 4.74 Å². The van der Waals surface area contributed by atoms with Gasteiger partial charge in [-0.3, -0.25) is 14.4 Å². The van der Waals surface area contributed by atoms with Crippen molar-refractivity contribution in [3.05, 3.63) is 35.9 Å². The molecule has 1 aliphatic heterocycles. The van der Waals surface area contributed by atoms with Crippen LogP contribution in [-0.4, -0.2) is 48.4 Å². The number of nitrogens with zero attached hydrogens (tertiary/aromatic N) is 1. The van der Waals surface area contributed by atoms with Crippen molar-refractivity contribution in [2.24, 2.45) is 5.92 Å². The van der Waals surface area contributed by atoms with Gasteiger partial charge in [-0.25, -0.2) is 0 Å². The topological polar surface area (TPSA) is 75.7 Å². The highest BCUT2D eigenvalue weighted by molar-refractivity contribution is 5.87. The van der Waals surface area contributed by atoms with Crippen LogP contribution in [0.25, 0.3) is 0 Å². The number of esters is 1. The van der Waals surface area contributed by atoms with E-state index >= 15 is 0 Å². The quantitative estimate of drug-likeness (QED) is 0.775. The molecule has 1 N–H and O–H groups in total. The van der Waals surface area contributed by atoms with Crippen molar-refractivity contribution in [1.82, 2.24) is 10.2 Å². The highest BCUT2D eigenvalue weighted by Crippen LogP contribution is 2.37. The van der Waals surface area contributed by atoms with Crippen LogP contribution in [0.3, 0.4) is 0 Å². The molecule has 0 spiro atoms. The Hall–Kier alpha value is -2.37. The number of ether oxygens (including phenoxy) is 1. The van der Waals surface area contributed by atoms with Crippen molar-refractivity contribution in [2.45, 2.75) is 52.0 Å². The fraction of sp³-hybridized carbons (Fsp3) is 0.571. The lowest BCUT2D eigenvalue weighted by atomic mass is 9.72. The third-order valence-electron chi connectivity index (χ3n) is 5.50. The Morgan fingerprint density at radius 2 is 1.70 bits per heavy atom. The summed E-state index contributed by atoms with van der Waals surface area (Å²) in [6.07, 6.45) is 0.971. The van der Waals surface area contributed by atoms with Gasteiger partial charge in [0.15, 0.2) is 6.61 Å². The summed E-state index contributed by atoms with van der Waals surface area (Å²) in [4.78, 5) is 38.5. The first-order valence-electron chi connectivity index (χ1n) is 9.54. The lowest BCUT2D eigenvalue weighted by Gasteiger charge is -2.40. The van der Waals surface area contributed by atoms with E-state index in [1.807, 2.05) is 51.1 Å². The Morgan fingerprint density at radius 3 is 2.22 bits per heavy atom. The van der Waals surface area contributed by atoms with Crippen molar-refractivity contribution in [1.29, 1.82) is 0 Å². The summed E-state index contributed by atoms with van der Waals surface area (Å²) in [5.74, 6) is -0.388. The molecule has 6 heteroatoms. The van der Waals surface area contributed by atoms with Crippen molar-refractivity contribution < 1.29 is 19.1 Å². The summed E-state index contributed by atoms with van der Waals surface area (Å²) in [7, 11) is 0. The van der Waals surface area contributed by atoms with Crippen LogP contribution in [-0.2, 0) is 24.5 Å². The minimum Gasteiger partial charge on any atom is -0.455 e. The van der Waals surface area contributed by atoms with Crippen molar-refractivity contribution in [3.63, 3.8) is 0 Å². The average Bonchev–Trinajstić information content (AvgIpc) is 2.66. The molecule has 148 valence electrons. The molecule has 1 fully saturated rings. The van der Waals surface area contributed by atoms with Crippen LogP contribution >= 0.6 is 0 Å². The van der Waals surface area contributed by atoms with Crippen molar-refractivity contribution in [3.8, 4) is 0 Å². The number of hydrogen-bond acceptors (Lipinski definition) is 4. The SMILES string of the molecule is CC(=O)N1CCC(C(=O)OCC(=O)N[C@H](C)C(C)C)(c2ccccc2)CC1. The number of nitrogens with one attached hydrogen (secondary N) is 1. The molecule has 2 amide bonds. The molecule has 1 aliphatic rings. The summed E-state index contributed by atoms with van der Waals surface area (Å²) in [6.45, 7) is 8.20. The molecule has 1 saturated heterocycles. The Kier molecular flexibility index (Phi) is 6.99. The van der Waals surface area contributed by atoms with Gasteiger partial charge in [0.25, 0.3) is 5.91 Å². The first-order valence-corrected chi connectivity index (χ1v) is 9.54. The molecule has 0 radical (unpaired) electrons. The number of benzene rings is 1. The van der Waals surface area contributed by atoms with Gasteiger partial charge in [-0.2, -0.15) is 0 Å². The third-order valence-corrected chi connectivity index (χ3v) is 5.50. The zero-order chi connectivity index (χ0) is 20.0. The molecule has 0 saturated carbocycles. The summed E-state index contributed by atoms with van der Waals surface area (Å²) in [5, 5.41) is 2.84. The number of rotatable bonds is 6. The normalized spacial score (nSPS) is 17.3. The monoisotopic (exact) mass is 374 g/mol. The van der Waals surface area contributed by atoms with E-state index in [-0.39, 0.29) is 24.5 Å². The van der Waals surface area contributed by atoms with E-state index in [0.29, 0.717) is 31.8 Å². The molecule has 1 heterocycles. The fourth-order valence-corrected chi connectivity index (χ4v) is 3.30. The minimum atomic E-state index is -0.822. The Morgan fingerprint density at radius 1 is 1.11 bits per heavy atom. The van der Waals surface area contributed by atoms with E-state index in [9.17, 15) is 14.4 Å². The van der Waals surface area contributed by atoms with Crippen LogP contribution in [0.1, 0.15) is 46.1 Å². The molecule has 2 rings (SSSR count). The molecule has 27 heavy (non-hydrogen) atoms. The maximum absolute atomic E-state index is 13.0. The largest absolute Gasteiger partial charge is 0.455 e. The lowest BCUT2D eigenvalue weighted by Crippen LogP contribution is -2.50. The standard InChI is InChI=1S/C21H30N2O4/c1-15(2)16(3)22-19(25)14-27-20(26)21(18-8-6-5-7-9-18)10-12-23(13-11-21)17(4)24/h5-9,15-16H,10-14H2,1-4H3,(H,22,25)/t16-/m1/s1. The Bertz CT molecular complexity index is 664. The molecule has 0 aliphatic carbocycles. The van der Waals surface area contributed by atoms with Gasteiger partial charge in [0.1, 0.15) is 0 Å². The molecule has 0 unspecified atom stereocenters. The van der Waals surface area contributed by atoms with Crippen LogP contribution in [0, 0.1) is 5.92 Å². The predicted octanol–water partition coefficient (Wildman–Crippen LogP) is 2.27. The van der Waals surface area contributed by atoms with Crippen LogP contribution in [0.15, 0.2) is 30.3 Å². The number of likely N-dealkylation sites (tertiary alicyclic amines) is 1. The second-order valence-corrected chi connectivity index (χ2v) is 7.63. The molecular weight excluding hydrogens is 344 g/mol. The van der Waals surface area contributed by atoms with E-state index in [2.05, 4.69) is 5.32 Å². The zero-order valence-electron chi connectivity index (χ0n) is 16.7. The van der Waals surface area contributed by atoms with E-state index in [1.54, 1.807) is 4.90 Å². The summed E-state index contributed by atoms with van der Waals surface area (Å²) in [6, 6.07) is 9.50. The van der Waals surface area contributed by atoms with E-state index < -0.39 is 11.4 Å². The first kappa shape index (κ1) is 20.9. The van der Waals surface area contributed by atoms with Gasteiger partial charge in [-0.15, -0.1) is 0 Å². The van der Waals surface area contributed by atoms with Crippen molar-refractivity contribution >= 4 is 17.8 Å². The lowest BCUT2D eigenvalue weighted by molar-refractivity contribution is -0.157. The zero-order valence-corrected chi connectivity index (χ0v) is 16.7. The van der Waals surface area contributed by atoms with E-state index in [1.165, 1.54) is 6.92 Å². The van der Waals surface area contributed by atoms with Gasteiger partial charge >= 0.3 is 5.97 Å². The Labute approximate surface area is 161 Å². The van der Waals surface area contributed by atoms with Gasteiger partial charge in [-0.1, -0.05) is 44.2 Å². The number of amides is 2. The highest BCUT2D eigenvalue weighted by atomic mass is 16.5. The van der Waals surface area contributed by atoms with Crippen LogP contribution in [0.2, 0.25) is 0 Å². The fourth-order valence-electron chi connectivity index (χ4n) is 3.30. The third kappa shape index (κ3) is 5.08. The number of hydrogen-bond donors (Lipinski definition) is 1. The summed E-state index contributed by atoms with van der Waals surface area (Å²) >= 11 is 0. The smallest absolute Gasteiger partial charge is 0.317 e. The van der Waals surface area contributed by atoms with Gasteiger partial charge < -0.3 is 15.0 Å². The molecule has 0 aromatic heterocycles.